The van der Waals surface area contributed by atoms with Crippen LogP contribution < -0.4 is 5.84 Å². The zero-order valence-electron chi connectivity index (χ0n) is 19.5. The lowest BCUT2D eigenvalue weighted by molar-refractivity contribution is 0.726. The van der Waals surface area contributed by atoms with E-state index >= 15 is 0 Å². The maximum absolute atomic E-state index is 4.62. The molecule has 0 aromatic carbocycles. The maximum atomic E-state index is 4.62. The van der Waals surface area contributed by atoms with Crippen LogP contribution in [0, 0.1) is 0 Å². The van der Waals surface area contributed by atoms with Gasteiger partial charge in [-0.3, -0.25) is 0 Å². The summed E-state index contributed by atoms with van der Waals surface area (Å²) in [7, 11) is 1.38. The fourth-order valence-corrected chi connectivity index (χ4v) is 0.707. The van der Waals surface area contributed by atoms with Crippen molar-refractivity contribution < 1.29 is 0 Å². The van der Waals surface area contributed by atoms with Crippen molar-refractivity contribution in [2.75, 3.05) is 7.05 Å². The molecule has 0 aliphatic rings. The van der Waals surface area contributed by atoms with E-state index in [1.807, 2.05) is 0 Å². The van der Waals surface area contributed by atoms with E-state index in [2.05, 4.69) is 215 Å². The second-order valence-electron chi connectivity index (χ2n) is 3.71. The minimum absolute atomic E-state index is 1.38. The maximum Gasteiger partial charge on any atom is 0.0510 e. The van der Waals surface area contributed by atoms with Crippen LogP contribution in [0.3, 0.4) is 0 Å². The van der Waals surface area contributed by atoms with Crippen LogP contribution in [0.5, 0.6) is 0 Å². The van der Waals surface area contributed by atoms with Gasteiger partial charge < -0.3 is 5.84 Å². The van der Waals surface area contributed by atoms with Gasteiger partial charge in [-0.05, 0) is 78.3 Å². The summed E-state index contributed by atoms with van der Waals surface area (Å²) < 4.78 is 0. The molecule has 0 aromatic rings. The molecule has 214 valence electrons. The third-order valence-electron chi connectivity index (χ3n) is 1.62. The monoisotopic (exact) mass is 591 g/mol. The first-order valence-electron chi connectivity index (χ1n) is 8.51. The standard InChI is InChI=1S/CH5N41/c1-3-5-7-9-11-13-15-17-19-21-23-25-27-29-31-33-35-37-39-41-42-40-38-36-34-32-30-28-26-24-22-20-18-16-14-12-10-8-6-4-2/h1H3,(H2,2,3,6,7,10,11,14,15,18,19,22,23,26,27,30,31,34,35,38,39,42). The number of rotatable bonds is 19. The van der Waals surface area contributed by atoms with Crippen molar-refractivity contribution in [3.8, 4) is 0 Å². The molecule has 42 heavy (non-hydrogen) atoms. The average molecular weight is 591 g/mol. The quantitative estimate of drug-likeness (QED) is 0.0932. The molecule has 0 bridgehead atoms. The Kier molecular flexibility index (Phi) is 26.4. The number of nitrogens with two attached hydrogens (primary N) is 1. The molecular formula is CH5N41. The topological polar surface area (TPSA) is 520 Å². The Bertz CT molecular complexity index is 1160. The molecule has 0 heterocycles. The minimum Gasteiger partial charge on any atom is -0.303 e. The van der Waals surface area contributed by atoms with Gasteiger partial charge in [-0.25, -0.2) is 0 Å². The van der Waals surface area contributed by atoms with Gasteiger partial charge in [-0.1, -0.05) is 5.22 Å². The number of nitrogens with zero attached hydrogens (tertiary/aromatic N) is 40. The molecule has 0 rings (SSSR count). The molecule has 41 heteroatoms. The van der Waals surface area contributed by atoms with Crippen LogP contribution in [0.1, 0.15) is 0 Å². The third kappa shape index (κ3) is 31.8. The van der Waals surface area contributed by atoms with Crippen LogP contribution in [0.15, 0.2) is 209 Å². The van der Waals surface area contributed by atoms with Crippen molar-refractivity contribution in [3.63, 3.8) is 0 Å². The van der Waals surface area contributed by atoms with Crippen molar-refractivity contribution in [3.05, 3.63) is 0 Å². The normalized spacial score (nSPS) is 15.4. The van der Waals surface area contributed by atoms with E-state index in [-0.39, 0.29) is 0 Å². The van der Waals surface area contributed by atoms with Gasteiger partial charge in [-0.15, -0.1) is 0 Å². The zero-order chi connectivity index (χ0) is 30.3. The molecule has 2 N–H and O–H groups in total. The van der Waals surface area contributed by atoms with E-state index in [1.54, 1.807) is 0 Å². The SMILES string of the molecule is C/N=N/N=N/N=N/N=N/N=N/N=N/N=N/N=N/N=N/N=N/N=N/N=N/N=N/N=N/N=N/N=N/N=N/N=N/N=N/N=N/N. The molecular weight excluding hydrogens is 586 g/mol. The summed E-state index contributed by atoms with van der Waals surface area (Å²) in [6, 6.07) is 0. The van der Waals surface area contributed by atoms with Gasteiger partial charge in [0.2, 0.25) is 0 Å². The zero-order valence-corrected chi connectivity index (χ0v) is 19.5. The van der Waals surface area contributed by atoms with Crippen molar-refractivity contribution in [2.45, 2.75) is 0 Å². The van der Waals surface area contributed by atoms with Crippen molar-refractivity contribution in [1.82, 2.24) is 0 Å². The third-order valence-corrected chi connectivity index (χ3v) is 1.62. The summed E-state index contributed by atoms with van der Waals surface area (Å²) in [5, 5.41) is 120. The van der Waals surface area contributed by atoms with Gasteiger partial charge in [0.25, 0.3) is 0 Å². The Morgan fingerprint density at radius 2 is 0.310 bits per heavy atom. The minimum atomic E-state index is 1.38. The highest BCUT2D eigenvalue weighted by atomic mass is 15.7. The van der Waals surface area contributed by atoms with Gasteiger partial charge in [-0.2, -0.15) is 5.11 Å². The first-order valence-corrected chi connectivity index (χ1v) is 8.51. The molecule has 0 saturated heterocycles. The number of hydrogen-bond acceptors (Lipinski definition) is 2. The summed E-state index contributed by atoms with van der Waals surface area (Å²) in [6.07, 6.45) is 0. The van der Waals surface area contributed by atoms with Gasteiger partial charge in [0.15, 0.2) is 0 Å². The van der Waals surface area contributed by atoms with Crippen molar-refractivity contribution in [2.24, 2.45) is 215 Å². The van der Waals surface area contributed by atoms with Crippen LogP contribution >= 0.6 is 0 Å². The molecule has 0 aliphatic carbocycles. The first-order chi connectivity index (χ1) is 20.9. The van der Waals surface area contributed by atoms with E-state index in [0.29, 0.717) is 0 Å². The molecule has 0 radical (unpaired) electrons. The van der Waals surface area contributed by atoms with Crippen molar-refractivity contribution in [1.29, 1.82) is 0 Å². The van der Waals surface area contributed by atoms with E-state index in [0.717, 1.165) is 0 Å². The highest BCUT2D eigenvalue weighted by Gasteiger charge is 1.74. The molecule has 0 aromatic heterocycles. The van der Waals surface area contributed by atoms with Gasteiger partial charge in [0.1, 0.15) is 0 Å². The predicted octanol–water partition coefficient (Wildman–Crippen LogP) is 6.92. The molecule has 0 saturated carbocycles. The van der Waals surface area contributed by atoms with Crippen LogP contribution in [0.4, 0.5) is 0 Å². The number of hydrogen-bond donors (Lipinski definition) is 1. The van der Waals surface area contributed by atoms with Crippen LogP contribution in [0.2, 0.25) is 0 Å². The smallest absolute Gasteiger partial charge is 0.0510 e. The van der Waals surface area contributed by atoms with Gasteiger partial charge >= 0.3 is 0 Å². The average Bonchev–Trinajstić information content (AvgIpc) is 3.00. The van der Waals surface area contributed by atoms with E-state index < -0.39 is 0 Å². The Morgan fingerprint density at radius 3 is 0.429 bits per heavy atom. The van der Waals surface area contributed by atoms with E-state index in [9.17, 15) is 0 Å². The fourth-order valence-electron chi connectivity index (χ4n) is 0.707. The predicted molar refractivity (Wildman–Crippen MR) is 107 cm³/mol. The molecule has 0 amide bonds. The second-order valence-corrected chi connectivity index (χ2v) is 3.71. The van der Waals surface area contributed by atoms with Gasteiger partial charge in [0.05, 0.1) is 7.05 Å². The summed E-state index contributed by atoms with van der Waals surface area (Å²) in [5.74, 6) is 4.62. The first kappa shape index (κ1) is 33.8. The van der Waals surface area contributed by atoms with Crippen LogP contribution in [-0.4, -0.2) is 7.05 Å². The van der Waals surface area contributed by atoms with Crippen LogP contribution in [-0.2, 0) is 0 Å². The Hall–Kier alpha value is -8.20. The molecule has 41 nitrogen and oxygen atoms in total. The lowest BCUT2D eigenvalue weighted by Crippen LogP contribution is -1.70. The highest BCUT2D eigenvalue weighted by Crippen LogP contribution is 1.92. The largest absolute Gasteiger partial charge is 0.303 e. The highest BCUT2D eigenvalue weighted by molar-refractivity contribution is 4.17. The summed E-state index contributed by atoms with van der Waals surface area (Å²) in [4.78, 5) is 0. The summed E-state index contributed by atoms with van der Waals surface area (Å²) >= 11 is 0. The van der Waals surface area contributed by atoms with E-state index in [4.69, 9.17) is 0 Å². The molecule has 0 unspecified atom stereocenters. The molecule has 0 aliphatic heterocycles. The second kappa shape index (κ2) is 32.8. The van der Waals surface area contributed by atoms with E-state index in [1.165, 1.54) is 7.05 Å². The van der Waals surface area contributed by atoms with Crippen LogP contribution in [0.25, 0.3) is 0 Å². The Labute approximate surface area is 222 Å². The summed E-state index contributed by atoms with van der Waals surface area (Å²) in [6.45, 7) is 0. The molecule has 0 atom stereocenters. The van der Waals surface area contributed by atoms with Crippen molar-refractivity contribution >= 4 is 0 Å². The molecule has 0 spiro atoms. The fraction of sp³-hybridized carbons (Fsp3) is 1.00. The lowest BCUT2D eigenvalue weighted by Gasteiger charge is -1.70. The summed E-state index contributed by atoms with van der Waals surface area (Å²) in [5.41, 5.74) is 0. The Balaban J connectivity index is 4.03. The Morgan fingerprint density at radius 1 is 0.190 bits per heavy atom. The lowest BCUT2D eigenvalue weighted by atomic mass is 11.6. The van der Waals surface area contributed by atoms with Gasteiger partial charge in [0, 0.05) is 120 Å². The molecule has 0 fully saturated rings.